The largest absolute Gasteiger partial charge is 1.00 e. The van der Waals surface area contributed by atoms with E-state index >= 15 is 0 Å². The zero-order chi connectivity index (χ0) is 31.3. The number of carbonyl (C=O) groups excluding carboxylic acids is 1. The lowest BCUT2D eigenvalue weighted by molar-refractivity contribution is -0.666. The highest BCUT2D eigenvalue weighted by Crippen LogP contribution is 2.13. The summed E-state index contributed by atoms with van der Waals surface area (Å²) < 4.78 is 15.1. The fourth-order valence-electron chi connectivity index (χ4n) is 5.42. The van der Waals surface area contributed by atoms with Gasteiger partial charge < -0.3 is 38.8 Å². The first-order valence-electron chi connectivity index (χ1n) is 16.6. The molecule has 1 amide bonds. The van der Waals surface area contributed by atoms with Gasteiger partial charge >= 0.3 is 17.3 Å². The van der Waals surface area contributed by atoms with Crippen LogP contribution in [0.15, 0.2) is 40.2 Å². The van der Waals surface area contributed by atoms with Crippen molar-refractivity contribution in [3.05, 3.63) is 57.0 Å². The second kappa shape index (κ2) is 24.1. The Morgan fingerprint density at radius 2 is 1.43 bits per heavy atom. The van der Waals surface area contributed by atoms with Crippen molar-refractivity contribution in [2.24, 2.45) is 7.05 Å². The van der Waals surface area contributed by atoms with E-state index in [4.69, 9.17) is 9.47 Å². The van der Waals surface area contributed by atoms with Crippen molar-refractivity contribution in [2.45, 2.75) is 129 Å². The number of pyridine rings is 1. The van der Waals surface area contributed by atoms with Crippen molar-refractivity contribution >= 4 is 6.09 Å². The molecule has 9 nitrogen and oxygen atoms in total. The minimum Gasteiger partial charge on any atom is -1.00 e. The van der Waals surface area contributed by atoms with Gasteiger partial charge in [-0.25, -0.2) is 19.0 Å². The number of aromatic nitrogens is 3. The highest BCUT2D eigenvalue weighted by Gasteiger charge is 2.22. The predicted molar refractivity (Wildman–Crippen MR) is 172 cm³/mol. The molecule has 2 rings (SSSR count). The molecular formula is C34H57IN4O5. The van der Waals surface area contributed by atoms with E-state index in [2.05, 4.69) is 12.2 Å². The van der Waals surface area contributed by atoms with Gasteiger partial charge in [0.1, 0.15) is 12.7 Å². The number of unbranched alkanes of at least 4 members (excludes halogenated alkanes) is 15. The highest BCUT2D eigenvalue weighted by molar-refractivity contribution is 5.67. The van der Waals surface area contributed by atoms with E-state index in [1.807, 2.05) is 19.1 Å². The highest BCUT2D eigenvalue weighted by atomic mass is 127. The van der Waals surface area contributed by atoms with Crippen LogP contribution in [0.5, 0.6) is 0 Å². The summed E-state index contributed by atoms with van der Waals surface area (Å²) in [5, 5.41) is 2.80. The van der Waals surface area contributed by atoms with Gasteiger partial charge in [-0.1, -0.05) is 103 Å². The maximum absolute atomic E-state index is 13.2. The summed E-state index contributed by atoms with van der Waals surface area (Å²) in [5.74, 6) is 0.505. The second-order valence-electron chi connectivity index (χ2n) is 11.7. The summed E-state index contributed by atoms with van der Waals surface area (Å²) in [6.45, 7) is 4.82. The topological polar surface area (TPSA) is 95.4 Å². The zero-order valence-electron chi connectivity index (χ0n) is 27.7. The summed E-state index contributed by atoms with van der Waals surface area (Å²) in [4.78, 5) is 38.0. The standard InChI is InChI=1S/C34H56N4O5.HI/c1-5-6-7-8-9-10-11-12-13-14-15-16-17-18-19-20-24-35-33(40)43-28-30(42-4)27-37-26-23-31(39)38(34(37)41)32-29(2)22-21-25-36(32)3;/h21-23,25-26,30H,5-20,24,27-28H2,1-4H3;1H. The van der Waals surface area contributed by atoms with Crippen LogP contribution in [0, 0.1) is 6.92 Å². The van der Waals surface area contributed by atoms with Gasteiger partial charge in [-0.05, 0) is 25.5 Å². The molecule has 0 fully saturated rings. The monoisotopic (exact) mass is 728 g/mol. The van der Waals surface area contributed by atoms with Gasteiger partial charge in [0.15, 0.2) is 0 Å². The van der Waals surface area contributed by atoms with Crippen LogP contribution in [0.25, 0.3) is 5.82 Å². The van der Waals surface area contributed by atoms with Gasteiger partial charge in [0.05, 0.1) is 19.8 Å². The molecule has 0 radical (unpaired) electrons. The van der Waals surface area contributed by atoms with Crippen molar-refractivity contribution in [2.75, 3.05) is 20.3 Å². The van der Waals surface area contributed by atoms with Gasteiger partial charge in [-0.2, -0.15) is 0 Å². The van der Waals surface area contributed by atoms with Crippen LogP contribution in [0.2, 0.25) is 0 Å². The van der Waals surface area contributed by atoms with E-state index < -0.39 is 23.4 Å². The van der Waals surface area contributed by atoms with Crippen LogP contribution in [0.3, 0.4) is 0 Å². The van der Waals surface area contributed by atoms with Crippen LogP contribution in [0.1, 0.15) is 115 Å². The maximum atomic E-state index is 13.2. The molecule has 10 heteroatoms. The number of carbonyl (C=O) groups is 1. The molecule has 0 aliphatic carbocycles. The van der Waals surface area contributed by atoms with Gasteiger partial charge in [0.2, 0.25) is 0 Å². The molecule has 1 unspecified atom stereocenters. The lowest BCUT2D eigenvalue weighted by Gasteiger charge is -2.17. The molecule has 2 aromatic heterocycles. The summed E-state index contributed by atoms with van der Waals surface area (Å²) in [7, 11) is 3.29. The van der Waals surface area contributed by atoms with E-state index in [1.54, 1.807) is 17.8 Å². The van der Waals surface area contributed by atoms with Gasteiger partial charge in [-0.3, -0.25) is 4.57 Å². The van der Waals surface area contributed by atoms with E-state index in [-0.39, 0.29) is 37.1 Å². The lowest BCUT2D eigenvalue weighted by Crippen LogP contribution is -3.00. The molecule has 2 aromatic rings. The average molecular weight is 729 g/mol. The quantitative estimate of drug-likeness (QED) is 0.108. The number of aryl methyl sites for hydroxylation is 2. The number of nitrogens with zero attached hydrogens (tertiary/aromatic N) is 3. The minimum absolute atomic E-state index is 0. The third kappa shape index (κ3) is 15.2. The van der Waals surface area contributed by atoms with E-state index in [0.29, 0.717) is 12.4 Å². The van der Waals surface area contributed by atoms with Crippen LogP contribution < -0.4 is 45.1 Å². The number of hydrogen-bond acceptors (Lipinski definition) is 5. The van der Waals surface area contributed by atoms with E-state index in [0.717, 1.165) is 23.0 Å². The molecule has 0 bridgehead atoms. The summed E-state index contributed by atoms with van der Waals surface area (Å²) in [6, 6.07) is 5.06. The molecule has 250 valence electrons. The molecule has 0 aliphatic rings. The SMILES string of the molecule is CCCCCCCCCCCCCCCCCCNC(=O)OCC(Cn1ccc(=O)n(-c2c(C)ccc[n+]2C)c1=O)OC.[I-]. The van der Waals surface area contributed by atoms with Crippen LogP contribution in [-0.2, 0) is 23.1 Å². The summed E-state index contributed by atoms with van der Waals surface area (Å²) >= 11 is 0. The van der Waals surface area contributed by atoms with Gasteiger partial charge in [0, 0.05) is 31.5 Å². The Morgan fingerprint density at radius 1 is 0.886 bits per heavy atom. The van der Waals surface area contributed by atoms with Crippen molar-refractivity contribution in [1.82, 2.24) is 14.5 Å². The molecule has 0 aromatic carbocycles. The van der Waals surface area contributed by atoms with Crippen molar-refractivity contribution in [3.8, 4) is 5.82 Å². The zero-order valence-corrected chi connectivity index (χ0v) is 29.8. The fraction of sp³-hybridized carbons (Fsp3) is 0.706. The van der Waals surface area contributed by atoms with E-state index in [9.17, 15) is 14.4 Å². The molecule has 1 N–H and O–H groups in total. The Bertz CT molecular complexity index is 1160. The summed E-state index contributed by atoms with van der Waals surface area (Å²) in [6.07, 6.45) is 23.2. The number of rotatable bonds is 23. The Balaban J connectivity index is 0.00000968. The minimum atomic E-state index is -0.546. The molecule has 0 saturated carbocycles. The molecule has 0 spiro atoms. The number of ether oxygens (including phenoxy) is 2. The number of alkyl carbamates (subject to hydrolysis) is 1. The fourth-order valence-corrected chi connectivity index (χ4v) is 5.42. The van der Waals surface area contributed by atoms with Crippen LogP contribution >= 0.6 is 0 Å². The third-order valence-electron chi connectivity index (χ3n) is 8.04. The predicted octanol–water partition coefficient (Wildman–Crippen LogP) is 3.14. The molecule has 44 heavy (non-hydrogen) atoms. The number of methoxy groups -OCH3 is 1. The number of hydrogen-bond donors (Lipinski definition) is 1. The Hall–Kier alpha value is -2.21. The number of halogens is 1. The normalized spacial score (nSPS) is 11.6. The Labute approximate surface area is 281 Å². The molecule has 2 heterocycles. The first-order chi connectivity index (χ1) is 20.9. The number of amides is 1. The van der Waals surface area contributed by atoms with Crippen molar-refractivity contribution < 1.29 is 42.8 Å². The first kappa shape index (κ1) is 39.8. The summed E-state index contributed by atoms with van der Waals surface area (Å²) in [5.41, 5.74) is -0.0909. The maximum Gasteiger partial charge on any atom is 0.423 e. The molecular weight excluding hydrogens is 671 g/mol. The van der Waals surface area contributed by atoms with E-state index in [1.165, 1.54) is 114 Å². The molecule has 1 atom stereocenters. The van der Waals surface area contributed by atoms with Crippen LogP contribution in [0.4, 0.5) is 4.79 Å². The Morgan fingerprint density at radius 3 is 1.95 bits per heavy atom. The van der Waals surface area contributed by atoms with Crippen molar-refractivity contribution in [1.29, 1.82) is 0 Å². The first-order valence-corrected chi connectivity index (χ1v) is 16.6. The smallest absolute Gasteiger partial charge is 0.423 e. The molecule has 0 aliphatic heterocycles. The third-order valence-corrected chi connectivity index (χ3v) is 8.04. The Kier molecular flexibility index (Phi) is 21.8. The number of nitrogens with one attached hydrogen (secondary N) is 1. The molecule has 0 saturated heterocycles. The lowest BCUT2D eigenvalue weighted by atomic mass is 10.0. The second-order valence-corrected chi connectivity index (χ2v) is 11.7. The van der Waals surface area contributed by atoms with Gasteiger partial charge in [-0.15, -0.1) is 4.57 Å². The van der Waals surface area contributed by atoms with Crippen molar-refractivity contribution in [3.63, 3.8) is 0 Å². The average Bonchev–Trinajstić information content (AvgIpc) is 2.99. The van der Waals surface area contributed by atoms with Gasteiger partial charge in [0.25, 0.3) is 5.82 Å². The van der Waals surface area contributed by atoms with Crippen LogP contribution in [-0.4, -0.2) is 41.6 Å².